The van der Waals surface area contributed by atoms with Crippen molar-refractivity contribution < 1.29 is 23.1 Å². The summed E-state index contributed by atoms with van der Waals surface area (Å²) in [6.45, 7) is 6.41. The number of rotatable bonds is 5. The van der Waals surface area contributed by atoms with E-state index < -0.39 is 27.9 Å². The Bertz CT molecular complexity index is 735. The number of hydrogen-bond donors (Lipinski definition) is 2. The summed E-state index contributed by atoms with van der Waals surface area (Å²) in [5.74, 6) is -1.08. The van der Waals surface area contributed by atoms with Crippen LogP contribution in [0.5, 0.6) is 0 Å². The number of nitrogens with zero attached hydrogens (tertiary/aromatic N) is 1. The molecule has 1 aromatic carbocycles. The van der Waals surface area contributed by atoms with Crippen LogP contribution >= 0.6 is 0 Å². The number of sulfonamides is 1. The largest absolute Gasteiger partial charge is 0.480 e. The quantitative estimate of drug-likeness (QED) is 0.821. The molecule has 1 amide bonds. The van der Waals surface area contributed by atoms with E-state index in [1.54, 1.807) is 0 Å². The van der Waals surface area contributed by atoms with Crippen LogP contribution in [0.3, 0.4) is 0 Å². The van der Waals surface area contributed by atoms with Crippen LogP contribution in [0, 0.1) is 11.8 Å². The molecule has 0 radical (unpaired) electrons. The summed E-state index contributed by atoms with van der Waals surface area (Å²) in [6, 6.07) is 4.55. The third kappa shape index (κ3) is 4.58. The number of benzene rings is 1. The summed E-state index contributed by atoms with van der Waals surface area (Å²) in [7, 11) is -3.60. The van der Waals surface area contributed by atoms with Gasteiger partial charge in [0.25, 0.3) is 5.91 Å². The van der Waals surface area contributed by atoms with Gasteiger partial charge in [-0.3, -0.25) is 9.59 Å². The summed E-state index contributed by atoms with van der Waals surface area (Å²) >= 11 is 0. The summed E-state index contributed by atoms with van der Waals surface area (Å²) in [6.07, 6.45) is 1.01. The third-order valence-electron chi connectivity index (χ3n) is 4.31. The number of amides is 1. The van der Waals surface area contributed by atoms with Crippen molar-refractivity contribution in [2.24, 2.45) is 11.8 Å². The van der Waals surface area contributed by atoms with Crippen molar-refractivity contribution in [3.8, 4) is 0 Å². The van der Waals surface area contributed by atoms with Crippen molar-refractivity contribution in [3.63, 3.8) is 0 Å². The van der Waals surface area contributed by atoms with E-state index in [0.29, 0.717) is 24.9 Å². The summed E-state index contributed by atoms with van der Waals surface area (Å²) in [5, 5.41) is 11.1. The molecule has 1 heterocycles. The predicted octanol–water partition coefficient (Wildman–Crippen LogP) is 1.56. The van der Waals surface area contributed by atoms with Crippen LogP contribution in [0.25, 0.3) is 0 Å². The van der Waals surface area contributed by atoms with Crippen molar-refractivity contribution in [3.05, 3.63) is 29.8 Å². The Morgan fingerprint density at radius 3 is 2.16 bits per heavy atom. The zero-order valence-electron chi connectivity index (χ0n) is 14.6. The van der Waals surface area contributed by atoms with Crippen LogP contribution in [0.4, 0.5) is 0 Å². The predicted molar refractivity (Wildman–Crippen MR) is 92.7 cm³/mol. The van der Waals surface area contributed by atoms with Gasteiger partial charge >= 0.3 is 5.97 Å². The highest BCUT2D eigenvalue weighted by Gasteiger charge is 2.31. The minimum atomic E-state index is -3.60. The van der Waals surface area contributed by atoms with E-state index >= 15 is 0 Å². The maximum absolute atomic E-state index is 12.8. The second kappa shape index (κ2) is 7.53. The van der Waals surface area contributed by atoms with Gasteiger partial charge in [0.1, 0.15) is 6.04 Å². The maximum atomic E-state index is 12.8. The number of carboxylic acid groups (broad SMARTS) is 1. The number of aliphatic carboxylic acids is 1. The SMILES string of the molecule is CC1CC(C)CN(S(=O)(=O)c2ccc(C(=O)N[C@H](C)C(=O)O)cc2)C1. The normalized spacial score (nSPS) is 23.0. The Hall–Kier alpha value is -1.93. The van der Waals surface area contributed by atoms with Gasteiger partial charge in [0.05, 0.1) is 4.90 Å². The molecule has 1 fully saturated rings. The lowest BCUT2D eigenvalue weighted by Crippen LogP contribution is -2.42. The molecule has 0 bridgehead atoms. The highest BCUT2D eigenvalue weighted by molar-refractivity contribution is 7.89. The second-order valence-electron chi connectivity index (χ2n) is 6.83. The molecule has 1 aromatic rings. The summed E-state index contributed by atoms with van der Waals surface area (Å²) in [5.41, 5.74) is 0.215. The van der Waals surface area contributed by atoms with Gasteiger partial charge in [0, 0.05) is 18.7 Å². The molecule has 1 aliphatic heterocycles. The zero-order valence-corrected chi connectivity index (χ0v) is 15.4. The minimum absolute atomic E-state index is 0.136. The molecule has 0 aromatic heterocycles. The zero-order chi connectivity index (χ0) is 18.8. The molecule has 0 aliphatic carbocycles. The fourth-order valence-corrected chi connectivity index (χ4v) is 4.75. The van der Waals surface area contributed by atoms with Crippen LogP contribution in [0.1, 0.15) is 37.6 Å². The number of piperidine rings is 1. The molecule has 1 aliphatic rings. The van der Waals surface area contributed by atoms with Gasteiger partial charge in [-0.05, 0) is 49.4 Å². The van der Waals surface area contributed by atoms with Crippen LogP contribution in [-0.4, -0.2) is 48.8 Å². The molecule has 25 heavy (non-hydrogen) atoms. The number of hydrogen-bond acceptors (Lipinski definition) is 4. The smallest absolute Gasteiger partial charge is 0.325 e. The van der Waals surface area contributed by atoms with Crippen LogP contribution in [0.15, 0.2) is 29.2 Å². The molecule has 2 N–H and O–H groups in total. The maximum Gasteiger partial charge on any atom is 0.325 e. The number of carboxylic acids is 1. The highest BCUT2D eigenvalue weighted by atomic mass is 32.2. The van der Waals surface area contributed by atoms with E-state index in [2.05, 4.69) is 5.32 Å². The molecule has 1 saturated heterocycles. The molecule has 8 heteroatoms. The van der Waals surface area contributed by atoms with E-state index in [-0.39, 0.29) is 10.5 Å². The fraction of sp³-hybridized carbons (Fsp3) is 0.529. The molecule has 0 spiro atoms. The van der Waals surface area contributed by atoms with Gasteiger partial charge in [-0.15, -0.1) is 0 Å². The Kier molecular flexibility index (Phi) is 5.84. The molecule has 2 unspecified atom stereocenters. The topological polar surface area (TPSA) is 104 Å². The van der Waals surface area contributed by atoms with Crippen molar-refractivity contribution in [1.82, 2.24) is 9.62 Å². The summed E-state index contributed by atoms with van der Waals surface area (Å²) in [4.78, 5) is 22.9. The van der Waals surface area contributed by atoms with Crippen LogP contribution < -0.4 is 5.32 Å². The standard InChI is InChI=1S/C17H24N2O5S/c1-11-8-12(2)10-19(9-11)25(23,24)15-6-4-14(5-7-15)16(20)18-13(3)17(21)22/h4-7,11-13H,8-10H2,1-3H3,(H,18,20)(H,21,22)/t11?,12?,13-/m1/s1. The van der Waals surface area contributed by atoms with Crippen molar-refractivity contribution in [2.75, 3.05) is 13.1 Å². The van der Waals surface area contributed by atoms with E-state index in [9.17, 15) is 18.0 Å². The molecule has 7 nitrogen and oxygen atoms in total. The monoisotopic (exact) mass is 368 g/mol. The summed E-state index contributed by atoms with van der Waals surface area (Å²) < 4.78 is 27.0. The molecule has 2 rings (SSSR count). The van der Waals surface area contributed by atoms with Crippen molar-refractivity contribution in [1.29, 1.82) is 0 Å². The van der Waals surface area contributed by atoms with Crippen LogP contribution in [-0.2, 0) is 14.8 Å². The number of carbonyl (C=O) groups is 2. The van der Waals surface area contributed by atoms with Gasteiger partial charge in [0.2, 0.25) is 10.0 Å². The molecule has 138 valence electrons. The molecule has 0 saturated carbocycles. The Morgan fingerprint density at radius 2 is 1.68 bits per heavy atom. The van der Waals surface area contributed by atoms with E-state index in [4.69, 9.17) is 5.11 Å². The lowest BCUT2D eigenvalue weighted by atomic mass is 9.94. The van der Waals surface area contributed by atoms with Gasteiger partial charge in [-0.1, -0.05) is 13.8 Å². The average Bonchev–Trinajstić information content (AvgIpc) is 2.53. The first-order chi connectivity index (χ1) is 11.6. The molecular formula is C17H24N2O5S. The van der Waals surface area contributed by atoms with Crippen molar-refractivity contribution in [2.45, 2.75) is 38.1 Å². The lowest BCUT2D eigenvalue weighted by molar-refractivity contribution is -0.138. The Morgan fingerprint density at radius 1 is 1.16 bits per heavy atom. The first-order valence-electron chi connectivity index (χ1n) is 8.25. The van der Waals surface area contributed by atoms with Gasteiger partial charge in [-0.25, -0.2) is 8.42 Å². The Balaban J connectivity index is 2.15. The average molecular weight is 368 g/mol. The fourth-order valence-electron chi connectivity index (χ4n) is 3.07. The number of nitrogens with one attached hydrogen (secondary N) is 1. The minimum Gasteiger partial charge on any atom is -0.480 e. The first kappa shape index (κ1) is 19.4. The third-order valence-corrected chi connectivity index (χ3v) is 6.15. The van der Waals surface area contributed by atoms with E-state index in [1.807, 2.05) is 13.8 Å². The number of carbonyl (C=O) groups excluding carboxylic acids is 1. The van der Waals surface area contributed by atoms with Crippen molar-refractivity contribution >= 4 is 21.9 Å². The molecular weight excluding hydrogens is 344 g/mol. The second-order valence-corrected chi connectivity index (χ2v) is 8.76. The highest BCUT2D eigenvalue weighted by Crippen LogP contribution is 2.26. The molecule has 3 atom stereocenters. The lowest BCUT2D eigenvalue weighted by Gasteiger charge is -2.34. The van der Waals surface area contributed by atoms with Gasteiger partial charge in [0.15, 0.2) is 0 Å². The van der Waals surface area contributed by atoms with Gasteiger partial charge < -0.3 is 10.4 Å². The first-order valence-corrected chi connectivity index (χ1v) is 9.69. The van der Waals surface area contributed by atoms with Crippen LogP contribution in [0.2, 0.25) is 0 Å². The van der Waals surface area contributed by atoms with Gasteiger partial charge in [-0.2, -0.15) is 4.31 Å². The Labute approximate surface area is 148 Å². The van der Waals surface area contributed by atoms with E-state index in [0.717, 1.165) is 6.42 Å². The van der Waals surface area contributed by atoms with E-state index in [1.165, 1.54) is 35.5 Å².